The van der Waals surface area contributed by atoms with E-state index in [0.29, 0.717) is 0 Å². The van der Waals surface area contributed by atoms with Gasteiger partial charge in [-0.25, -0.2) is 0 Å². The van der Waals surface area contributed by atoms with Gasteiger partial charge in [-0.05, 0) is 0 Å². The number of halogens is 5. The van der Waals surface area contributed by atoms with Crippen molar-refractivity contribution in [2.45, 2.75) is 0 Å². The van der Waals surface area contributed by atoms with Crippen LogP contribution in [-0.4, -0.2) is 0 Å². The molecule has 0 spiro atoms. The second-order valence-electron chi connectivity index (χ2n) is 3.43. The van der Waals surface area contributed by atoms with E-state index in [-0.39, 0.29) is 0 Å². The average molecular weight is 474 g/mol. The fourth-order valence-electron chi connectivity index (χ4n) is 1.19. The molecule has 0 fully saturated rings. The van der Waals surface area contributed by atoms with E-state index in [2.05, 4.69) is 12.2 Å². The molecule has 0 heterocycles. The van der Waals surface area contributed by atoms with Crippen molar-refractivity contribution in [3.05, 3.63) is 95.0 Å². The molecule has 0 aliphatic carbocycles. The maximum atomic E-state index is 5.30. The normalized spacial score (nSPS) is 10.1. The Morgan fingerprint density at radius 1 is 0.636 bits per heavy atom. The number of benzene rings is 2. The van der Waals surface area contributed by atoms with E-state index in [1.165, 1.54) is 11.1 Å². The molecule has 6 heteroatoms. The van der Waals surface area contributed by atoms with E-state index in [0.717, 1.165) is 11.1 Å². The Labute approximate surface area is 159 Å². The second-order valence-corrected chi connectivity index (χ2v) is 13.9. The summed E-state index contributed by atoms with van der Waals surface area (Å²) in [6.45, 7) is 0. The van der Waals surface area contributed by atoms with Crippen LogP contribution in [0.2, 0.25) is 0 Å². The predicted octanol–water partition coefficient (Wildman–Crippen LogP) is 7.25. The van der Waals surface area contributed by atoms with Gasteiger partial charge in [0.2, 0.25) is 0 Å². The second kappa shape index (κ2) is 16.0. The Morgan fingerprint density at radius 3 is 1.14 bits per heavy atom. The predicted molar refractivity (Wildman–Crippen MR) is 96.0 cm³/mol. The van der Waals surface area contributed by atoms with Crippen LogP contribution in [0, 0.1) is 12.2 Å². The van der Waals surface area contributed by atoms with Gasteiger partial charge in [0.15, 0.2) is 0 Å². The van der Waals surface area contributed by atoms with Crippen molar-refractivity contribution in [2.24, 2.45) is 0 Å². The van der Waals surface area contributed by atoms with Gasteiger partial charge >= 0.3 is 42.8 Å². The first-order valence-corrected chi connectivity index (χ1v) is 15.2. The van der Waals surface area contributed by atoms with Crippen LogP contribution in [-0.2, 0) is 15.2 Å². The van der Waals surface area contributed by atoms with Gasteiger partial charge in [-0.15, -0.1) is 47.5 Å². The summed E-state index contributed by atoms with van der Waals surface area (Å²) in [6.07, 6.45) is 5.70. The van der Waals surface area contributed by atoms with Crippen LogP contribution < -0.4 is 0 Å². The molecule has 0 saturated heterocycles. The van der Waals surface area contributed by atoms with E-state index in [1.54, 1.807) is 0 Å². The zero-order valence-corrected chi connectivity index (χ0v) is 17.2. The quantitative estimate of drug-likeness (QED) is 0.318. The van der Waals surface area contributed by atoms with Crippen molar-refractivity contribution in [3.63, 3.8) is 0 Å². The molecule has 0 atom stereocenters. The molecule has 0 aliphatic rings. The van der Waals surface area contributed by atoms with Crippen LogP contribution in [0.25, 0.3) is 0 Å². The monoisotopic (exact) mass is 472 g/mol. The Kier molecular flexibility index (Phi) is 16.1. The third-order valence-electron chi connectivity index (χ3n) is 1.99. The van der Waals surface area contributed by atoms with Gasteiger partial charge < -0.3 is 0 Å². The molecule has 0 unspecified atom stereocenters. The Balaban J connectivity index is 0.000000326. The topological polar surface area (TPSA) is 0 Å². The molecule has 0 aliphatic heterocycles. The van der Waals surface area contributed by atoms with Gasteiger partial charge in [0.1, 0.15) is 0 Å². The summed E-state index contributed by atoms with van der Waals surface area (Å²) in [7, 11) is 15.0. The summed E-state index contributed by atoms with van der Waals surface area (Å²) in [4.78, 5) is 0. The van der Waals surface area contributed by atoms with Crippen LogP contribution in [0.4, 0.5) is 0 Å². The Hall–Kier alpha value is 0.110. The van der Waals surface area contributed by atoms with Crippen molar-refractivity contribution in [3.8, 4) is 0 Å². The van der Waals surface area contributed by atoms with Gasteiger partial charge in [0.05, 0.1) is 0 Å². The SMILES string of the molecule is ClC=[C-]c1ccccc1.ClC=[C-]c1ccccc1.[Cl][Nb]([Cl])[Cl]. The summed E-state index contributed by atoms with van der Waals surface area (Å²) < 4.78 is 0. The molecular formula is C16H12Cl5Nb-2. The van der Waals surface area contributed by atoms with Gasteiger partial charge in [0.25, 0.3) is 0 Å². The van der Waals surface area contributed by atoms with Crippen LogP contribution in [0.3, 0.4) is 0 Å². The summed E-state index contributed by atoms with van der Waals surface area (Å²) in [5, 5.41) is 0. The zero-order chi connectivity index (χ0) is 16.6. The zero-order valence-electron chi connectivity index (χ0n) is 11.3. The molecule has 22 heavy (non-hydrogen) atoms. The fraction of sp³-hybridized carbons (Fsp3) is 0. The van der Waals surface area contributed by atoms with Crippen LogP contribution in [0.5, 0.6) is 0 Å². The van der Waals surface area contributed by atoms with Gasteiger partial charge in [-0.1, -0.05) is 23.2 Å². The minimum absolute atomic E-state index is 1.01. The average Bonchev–Trinajstić information content (AvgIpc) is 2.50. The Morgan fingerprint density at radius 2 is 0.909 bits per heavy atom. The van der Waals surface area contributed by atoms with E-state index < -0.39 is 15.2 Å². The molecule has 2 aromatic carbocycles. The molecular weight excluding hydrogens is 462 g/mol. The van der Waals surface area contributed by atoms with Crippen molar-refractivity contribution in [1.82, 2.24) is 0 Å². The first-order valence-electron chi connectivity index (χ1n) is 5.84. The molecule has 118 valence electrons. The molecule has 2 aromatic rings. The van der Waals surface area contributed by atoms with Gasteiger partial charge in [-0.2, -0.15) is 47.5 Å². The summed E-state index contributed by atoms with van der Waals surface area (Å²) >= 11 is 8.57. The molecule has 0 N–H and O–H groups in total. The molecule has 0 bridgehead atoms. The number of hydrogen-bond donors (Lipinski definition) is 0. The first kappa shape index (κ1) is 22.1. The van der Waals surface area contributed by atoms with Crippen LogP contribution >= 0.6 is 50.8 Å². The summed E-state index contributed by atoms with van der Waals surface area (Å²) in [5.41, 5.74) is 4.78. The molecule has 0 saturated carbocycles. The van der Waals surface area contributed by atoms with Crippen molar-refractivity contribution >= 4 is 50.8 Å². The summed E-state index contributed by atoms with van der Waals surface area (Å²) in [5.74, 6) is 0. The van der Waals surface area contributed by atoms with Crippen molar-refractivity contribution in [1.29, 1.82) is 0 Å². The Bertz CT molecular complexity index is 476. The van der Waals surface area contributed by atoms with Crippen LogP contribution in [0.1, 0.15) is 11.1 Å². The van der Waals surface area contributed by atoms with Gasteiger partial charge in [0, 0.05) is 0 Å². The summed E-state index contributed by atoms with van der Waals surface area (Å²) in [6, 6.07) is 19.5. The van der Waals surface area contributed by atoms with Gasteiger partial charge in [-0.3, -0.25) is 0 Å². The van der Waals surface area contributed by atoms with Crippen molar-refractivity contribution < 1.29 is 15.2 Å². The third-order valence-corrected chi connectivity index (χ3v) is 2.21. The maximum absolute atomic E-state index is 5.30. The number of rotatable bonds is 2. The minimum atomic E-state index is -2.03. The van der Waals surface area contributed by atoms with E-state index in [1.807, 2.05) is 60.7 Å². The van der Waals surface area contributed by atoms with E-state index >= 15 is 0 Å². The molecule has 0 amide bonds. The molecule has 2 rings (SSSR count). The van der Waals surface area contributed by atoms with Crippen LogP contribution in [0.15, 0.2) is 71.7 Å². The van der Waals surface area contributed by atoms with Crippen molar-refractivity contribution in [2.75, 3.05) is 0 Å². The molecule has 0 nitrogen and oxygen atoms in total. The molecule has 0 aromatic heterocycles. The fourth-order valence-corrected chi connectivity index (χ4v) is 1.45. The van der Waals surface area contributed by atoms with E-state index in [9.17, 15) is 0 Å². The molecule has 0 radical (unpaired) electrons. The van der Waals surface area contributed by atoms with E-state index in [4.69, 9.17) is 50.8 Å². The standard InChI is InChI=1S/2C8H6Cl.3ClH.Nb/c2*9-7-6-8-4-2-1-3-5-8;;;;/h2*1-5,7H;3*1H;/q2*-1;;;;+3/p-3. The number of hydrogen-bond acceptors (Lipinski definition) is 0. The first-order chi connectivity index (χ1) is 10.6. The third kappa shape index (κ3) is 15.0.